The predicted molar refractivity (Wildman–Crippen MR) is 86.5 cm³/mol. The Balaban J connectivity index is 1.86. The Morgan fingerprint density at radius 2 is 1.83 bits per heavy atom. The minimum Gasteiger partial charge on any atom is -0.497 e. The van der Waals surface area contributed by atoms with E-state index < -0.39 is 0 Å². The molecule has 1 saturated carbocycles. The van der Waals surface area contributed by atoms with Gasteiger partial charge in [0.1, 0.15) is 11.5 Å². The van der Waals surface area contributed by atoms with E-state index in [1.807, 2.05) is 0 Å². The average molecular weight is 321 g/mol. The van der Waals surface area contributed by atoms with Crippen molar-refractivity contribution in [3.05, 3.63) is 18.2 Å². The van der Waals surface area contributed by atoms with E-state index in [1.54, 1.807) is 18.2 Å². The number of ether oxygens (including phenoxy) is 2. The monoisotopic (exact) mass is 321 g/mol. The minimum absolute atomic E-state index is 0.0793. The molecule has 4 N–H and O–H groups in total. The number of rotatable bonds is 6. The van der Waals surface area contributed by atoms with Gasteiger partial charge < -0.3 is 25.8 Å². The topological polar surface area (TPSA) is 103 Å². The molecule has 1 aromatic rings. The van der Waals surface area contributed by atoms with E-state index >= 15 is 0 Å². The zero-order valence-electron chi connectivity index (χ0n) is 13.4. The Morgan fingerprint density at radius 3 is 2.35 bits per heavy atom. The van der Waals surface area contributed by atoms with Crippen molar-refractivity contribution in [2.24, 2.45) is 11.7 Å². The van der Waals surface area contributed by atoms with Crippen LogP contribution in [0.2, 0.25) is 0 Å². The Bertz CT molecular complexity index is 554. The molecular weight excluding hydrogens is 298 g/mol. The molecule has 1 fully saturated rings. The summed E-state index contributed by atoms with van der Waals surface area (Å²) in [4.78, 5) is 23.9. The summed E-state index contributed by atoms with van der Waals surface area (Å²) in [7, 11) is 3.07. The number of amides is 2. The molecule has 1 aliphatic carbocycles. The zero-order valence-corrected chi connectivity index (χ0v) is 13.4. The first-order valence-corrected chi connectivity index (χ1v) is 7.58. The van der Waals surface area contributed by atoms with Crippen molar-refractivity contribution in [3.63, 3.8) is 0 Å². The second kappa shape index (κ2) is 7.82. The molecule has 0 aliphatic heterocycles. The van der Waals surface area contributed by atoms with Crippen molar-refractivity contribution in [2.45, 2.75) is 25.3 Å². The van der Waals surface area contributed by atoms with Crippen molar-refractivity contribution in [3.8, 4) is 11.5 Å². The normalized spacial score (nSPS) is 20.0. The van der Waals surface area contributed by atoms with Gasteiger partial charge in [0.15, 0.2) is 0 Å². The highest BCUT2D eigenvalue weighted by Gasteiger charge is 2.27. The van der Waals surface area contributed by atoms with Gasteiger partial charge in [-0.25, -0.2) is 0 Å². The van der Waals surface area contributed by atoms with Crippen LogP contribution in [0.5, 0.6) is 11.5 Å². The van der Waals surface area contributed by atoms with Crippen molar-refractivity contribution in [1.29, 1.82) is 0 Å². The molecule has 1 aliphatic rings. The fourth-order valence-electron chi connectivity index (χ4n) is 2.65. The Labute approximate surface area is 135 Å². The van der Waals surface area contributed by atoms with Crippen molar-refractivity contribution >= 4 is 17.5 Å². The van der Waals surface area contributed by atoms with Crippen LogP contribution in [0.15, 0.2) is 18.2 Å². The molecule has 0 bridgehead atoms. The van der Waals surface area contributed by atoms with Crippen LogP contribution in [0.4, 0.5) is 5.69 Å². The summed E-state index contributed by atoms with van der Waals surface area (Å²) in [5.41, 5.74) is 6.34. The van der Waals surface area contributed by atoms with Gasteiger partial charge in [-0.3, -0.25) is 9.59 Å². The highest BCUT2D eigenvalue weighted by Crippen LogP contribution is 2.26. The Morgan fingerprint density at radius 1 is 1.17 bits per heavy atom. The van der Waals surface area contributed by atoms with E-state index in [0.717, 1.165) is 12.8 Å². The first kappa shape index (κ1) is 17.1. The molecule has 0 heterocycles. The number of benzene rings is 1. The van der Waals surface area contributed by atoms with Crippen LogP contribution in [-0.2, 0) is 9.59 Å². The van der Waals surface area contributed by atoms with Crippen molar-refractivity contribution in [1.82, 2.24) is 5.32 Å². The van der Waals surface area contributed by atoms with Gasteiger partial charge in [0.05, 0.1) is 20.8 Å². The molecule has 1 aromatic carbocycles. The fraction of sp³-hybridized carbons (Fsp3) is 0.500. The van der Waals surface area contributed by atoms with Gasteiger partial charge in [-0.2, -0.15) is 0 Å². The number of carbonyl (C=O) groups excluding carboxylic acids is 2. The van der Waals surface area contributed by atoms with Gasteiger partial charge >= 0.3 is 0 Å². The van der Waals surface area contributed by atoms with Gasteiger partial charge in [0.2, 0.25) is 11.8 Å². The van der Waals surface area contributed by atoms with Crippen LogP contribution in [-0.4, -0.2) is 38.6 Å². The molecule has 2 atom stereocenters. The van der Waals surface area contributed by atoms with E-state index in [0.29, 0.717) is 23.6 Å². The van der Waals surface area contributed by atoms with E-state index in [-0.39, 0.29) is 30.3 Å². The standard InChI is InChI=1S/C16H23N3O4/c1-22-13-6-12(7-14(8-13)23-2)19-15(20)9-18-16(21)10-3-4-11(17)5-10/h6-8,10-11H,3-5,9,17H2,1-2H3,(H,18,21)(H,19,20). The van der Waals surface area contributed by atoms with Crippen LogP contribution < -0.4 is 25.8 Å². The molecular formula is C16H23N3O4. The van der Waals surface area contributed by atoms with Crippen LogP contribution in [0, 0.1) is 5.92 Å². The molecule has 0 saturated heterocycles. The van der Waals surface area contributed by atoms with Gasteiger partial charge in [-0.1, -0.05) is 0 Å². The molecule has 7 nitrogen and oxygen atoms in total. The van der Waals surface area contributed by atoms with Crippen LogP contribution in [0.1, 0.15) is 19.3 Å². The summed E-state index contributed by atoms with van der Waals surface area (Å²) < 4.78 is 10.3. The quantitative estimate of drug-likeness (QED) is 0.722. The Hall–Kier alpha value is -2.28. The highest BCUT2D eigenvalue weighted by molar-refractivity contribution is 5.95. The summed E-state index contributed by atoms with van der Waals surface area (Å²) in [5, 5.41) is 5.36. The van der Waals surface area contributed by atoms with Crippen LogP contribution >= 0.6 is 0 Å². The summed E-state index contributed by atoms with van der Waals surface area (Å²) in [6.07, 6.45) is 2.32. The molecule has 7 heteroatoms. The summed E-state index contributed by atoms with van der Waals surface area (Å²) in [5.74, 6) is 0.634. The summed E-state index contributed by atoms with van der Waals surface area (Å²) in [6, 6.07) is 5.15. The number of methoxy groups -OCH3 is 2. The van der Waals surface area contributed by atoms with Gasteiger partial charge in [0.25, 0.3) is 0 Å². The molecule has 0 spiro atoms. The third-order valence-electron chi connectivity index (χ3n) is 3.90. The van der Waals surface area contributed by atoms with E-state index in [1.165, 1.54) is 14.2 Å². The largest absolute Gasteiger partial charge is 0.497 e. The number of anilines is 1. The maximum absolute atomic E-state index is 12.0. The van der Waals surface area contributed by atoms with E-state index in [4.69, 9.17) is 15.2 Å². The lowest BCUT2D eigenvalue weighted by atomic mass is 10.1. The zero-order chi connectivity index (χ0) is 16.8. The van der Waals surface area contributed by atoms with Crippen molar-refractivity contribution in [2.75, 3.05) is 26.1 Å². The maximum atomic E-state index is 12.0. The van der Waals surface area contributed by atoms with Crippen LogP contribution in [0.3, 0.4) is 0 Å². The molecule has 126 valence electrons. The molecule has 2 rings (SSSR count). The SMILES string of the molecule is COc1cc(NC(=O)CNC(=O)C2CCC(N)C2)cc(OC)c1. The number of carbonyl (C=O) groups is 2. The number of hydrogen-bond donors (Lipinski definition) is 3. The van der Waals surface area contributed by atoms with Crippen molar-refractivity contribution < 1.29 is 19.1 Å². The minimum atomic E-state index is -0.309. The smallest absolute Gasteiger partial charge is 0.243 e. The molecule has 2 unspecified atom stereocenters. The number of nitrogens with two attached hydrogens (primary N) is 1. The predicted octanol–water partition coefficient (Wildman–Crippen LogP) is 0.886. The lowest BCUT2D eigenvalue weighted by Crippen LogP contribution is -2.36. The lowest BCUT2D eigenvalue weighted by molar-refractivity contribution is -0.127. The molecule has 23 heavy (non-hydrogen) atoms. The van der Waals surface area contributed by atoms with E-state index in [9.17, 15) is 9.59 Å². The summed E-state index contributed by atoms with van der Waals surface area (Å²) >= 11 is 0. The lowest BCUT2D eigenvalue weighted by Gasteiger charge is -2.12. The second-order valence-corrected chi connectivity index (χ2v) is 5.64. The van der Waals surface area contributed by atoms with E-state index in [2.05, 4.69) is 10.6 Å². The first-order chi connectivity index (χ1) is 11.0. The number of nitrogens with one attached hydrogen (secondary N) is 2. The van der Waals surface area contributed by atoms with Gasteiger partial charge in [0, 0.05) is 35.8 Å². The maximum Gasteiger partial charge on any atom is 0.243 e. The van der Waals surface area contributed by atoms with Crippen LogP contribution in [0.25, 0.3) is 0 Å². The highest BCUT2D eigenvalue weighted by atomic mass is 16.5. The average Bonchev–Trinajstić information content (AvgIpc) is 2.98. The Kier molecular flexibility index (Phi) is 5.81. The summed E-state index contributed by atoms with van der Waals surface area (Å²) in [6.45, 7) is -0.0793. The van der Waals surface area contributed by atoms with Gasteiger partial charge in [-0.15, -0.1) is 0 Å². The first-order valence-electron chi connectivity index (χ1n) is 7.58. The third kappa shape index (κ3) is 4.85. The molecule has 2 amide bonds. The third-order valence-corrected chi connectivity index (χ3v) is 3.90. The van der Waals surface area contributed by atoms with Gasteiger partial charge in [-0.05, 0) is 19.3 Å². The fourth-order valence-corrected chi connectivity index (χ4v) is 2.65. The molecule has 0 radical (unpaired) electrons. The number of hydrogen-bond acceptors (Lipinski definition) is 5. The second-order valence-electron chi connectivity index (χ2n) is 5.64. The molecule has 0 aromatic heterocycles.